The summed E-state index contributed by atoms with van der Waals surface area (Å²) < 4.78 is 0. The van der Waals surface area contributed by atoms with Crippen molar-refractivity contribution < 1.29 is 0 Å². The summed E-state index contributed by atoms with van der Waals surface area (Å²) in [4.78, 5) is 16.8. The zero-order valence-electron chi connectivity index (χ0n) is 9.05. The monoisotopic (exact) mass is 207 g/mol. The number of rotatable bonds is 2. The molecule has 82 valence electrons. The highest BCUT2D eigenvalue weighted by atomic mass is 16.1. The Morgan fingerprint density at radius 2 is 2.40 bits per heavy atom. The summed E-state index contributed by atoms with van der Waals surface area (Å²) in [6, 6.07) is 1.95. The first-order valence-corrected chi connectivity index (χ1v) is 5.41. The van der Waals surface area contributed by atoms with E-state index >= 15 is 0 Å². The third-order valence-electron chi connectivity index (χ3n) is 3.03. The summed E-state index contributed by atoms with van der Waals surface area (Å²) >= 11 is 0. The molecule has 1 aliphatic heterocycles. The van der Waals surface area contributed by atoms with E-state index in [0.29, 0.717) is 12.1 Å². The molecule has 0 aromatic carbocycles. The summed E-state index contributed by atoms with van der Waals surface area (Å²) in [6.45, 7) is 5.48. The first-order valence-electron chi connectivity index (χ1n) is 5.41. The average Bonchev–Trinajstić information content (AvgIpc) is 2.27. The molecule has 0 saturated carbocycles. The van der Waals surface area contributed by atoms with Gasteiger partial charge in [-0.2, -0.15) is 0 Å². The number of nitrogens with one attached hydrogen (secondary N) is 1. The number of nitrogens with zero attached hydrogens (tertiary/aromatic N) is 1. The summed E-state index contributed by atoms with van der Waals surface area (Å²) in [5.41, 5.74) is 8.49. The highest BCUT2D eigenvalue weighted by molar-refractivity contribution is 5.27. The standard InChI is InChI=1S/C11H17N3O/c1-2-14-4-3-10-9(7-14)5-8(6-12)11(15)13-10/h5H,2-4,6-7,12H2,1H3,(H,13,15). The Morgan fingerprint density at radius 3 is 3.07 bits per heavy atom. The molecule has 1 aromatic rings. The lowest BCUT2D eigenvalue weighted by atomic mass is 10.0. The van der Waals surface area contributed by atoms with Crippen LogP contribution in [-0.2, 0) is 19.5 Å². The normalized spacial score (nSPS) is 16.4. The smallest absolute Gasteiger partial charge is 0.252 e. The van der Waals surface area contributed by atoms with Crippen LogP contribution in [-0.4, -0.2) is 23.0 Å². The van der Waals surface area contributed by atoms with Crippen molar-refractivity contribution in [2.75, 3.05) is 13.1 Å². The molecule has 1 aliphatic rings. The Kier molecular flexibility index (Phi) is 2.88. The molecule has 0 spiro atoms. The summed E-state index contributed by atoms with van der Waals surface area (Å²) in [6.07, 6.45) is 0.934. The SMILES string of the molecule is CCN1CCc2[nH]c(=O)c(CN)cc2C1. The van der Waals surface area contributed by atoms with Gasteiger partial charge in [0.1, 0.15) is 0 Å². The van der Waals surface area contributed by atoms with Crippen LogP contribution in [0.25, 0.3) is 0 Å². The minimum Gasteiger partial charge on any atom is -0.326 e. The maximum absolute atomic E-state index is 11.5. The first-order chi connectivity index (χ1) is 7.24. The van der Waals surface area contributed by atoms with E-state index in [1.165, 1.54) is 5.56 Å². The second-order valence-corrected chi connectivity index (χ2v) is 3.95. The van der Waals surface area contributed by atoms with E-state index in [4.69, 9.17) is 5.73 Å². The molecule has 4 heteroatoms. The highest BCUT2D eigenvalue weighted by Crippen LogP contribution is 2.15. The van der Waals surface area contributed by atoms with Crippen molar-refractivity contribution in [3.05, 3.63) is 33.2 Å². The van der Waals surface area contributed by atoms with Crippen LogP contribution in [0.2, 0.25) is 0 Å². The molecule has 1 aromatic heterocycles. The van der Waals surface area contributed by atoms with Crippen molar-refractivity contribution in [3.63, 3.8) is 0 Å². The lowest BCUT2D eigenvalue weighted by Crippen LogP contribution is -2.33. The van der Waals surface area contributed by atoms with E-state index in [9.17, 15) is 4.79 Å². The molecule has 0 atom stereocenters. The Hall–Kier alpha value is -1.13. The topological polar surface area (TPSA) is 62.1 Å². The minimum absolute atomic E-state index is 0.0267. The molecular formula is C11H17N3O. The van der Waals surface area contributed by atoms with Crippen LogP contribution in [0.1, 0.15) is 23.7 Å². The Labute approximate surface area is 89.1 Å². The first kappa shape index (κ1) is 10.4. The number of hydrogen-bond donors (Lipinski definition) is 2. The fraction of sp³-hybridized carbons (Fsp3) is 0.545. The molecule has 0 bridgehead atoms. The molecule has 0 saturated heterocycles. The molecule has 15 heavy (non-hydrogen) atoms. The van der Waals surface area contributed by atoms with Gasteiger partial charge in [-0.25, -0.2) is 0 Å². The summed E-state index contributed by atoms with van der Waals surface area (Å²) in [5, 5.41) is 0. The van der Waals surface area contributed by atoms with Gasteiger partial charge >= 0.3 is 0 Å². The summed E-state index contributed by atoms with van der Waals surface area (Å²) in [5.74, 6) is 0. The average molecular weight is 207 g/mol. The van der Waals surface area contributed by atoms with Crippen LogP contribution >= 0.6 is 0 Å². The van der Waals surface area contributed by atoms with Crippen molar-refractivity contribution in [1.29, 1.82) is 0 Å². The zero-order valence-corrected chi connectivity index (χ0v) is 9.05. The molecule has 0 amide bonds. The van der Waals surface area contributed by atoms with Gasteiger partial charge in [0.2, 0.25) is 0 Å². The number of hydrogen-bond acceptors (Lipinski definition) is 3. The molecule has 0 radical (unpaired) electrons. The zero-order chi connectivity index (χ0) is 10.8. The van der Waals surface area contributed by atoms with Gasteiger partial charge in [-0.1, -0.05) is 6.92 Å². The van der Waals surface area contributed by atoms with Crippen LogP contribution in [0.4, 0.5) is 0 Å². The minimum atomic E-state index is -0.0267. The van der Waals surface area contributed by atoms with Gasteiger partial charge in [0.25, 0.3) is 5.56 Å². The van der Waals surface area contributed by atoms with E-state index in [1.54, 1.807) is 0 Å². The number of pyridine rings is 1. The van der Waals surface area contributed by atoms with Crippen LogP contribution in [0, 0.1) is 0 Å². The number of aromatic nitrogens is 1. The number of likely N-dealkylation sites (N-methyl/N-ethyl adjacent to an activating group) is 1. The lowest BCUT2D eigenvalue weighted by Gasteiger charge is -2.27. The molecule has 2 rings (SSSR count). The van der Waals surface area contributed by atoms with Crippen LogP contribution in [0.5, 0.6) is 0 Å². The highest BCUT2D eigenvalue weighted by Gasteiger charge is 2.16. The Morgan fingerprint density at radius 1 is 1.60 bits per heavy atom. The number of aromatic amines is 1. The van der Waals surface area contributed by atoms with Crippen LogP contribution in [0.3, 0.4) is 0 Å². The number of nitrogens with two attached hydrogens (primary N) is 1. The third-order valence-corrected chi connectivity index (χ3v) is 3.03. The van der Waals surface area contributed by atoms with Crippen LogP contribution in [0.15, 0.2) is 10.9 Å². The van der Waals surface area contributed by atoms with Gasteiger partial charge in [-0.3, -0.25) is 9.69 Å². The Balaban J connectivity index is 2.37. The van der Waals surface area contributed by atoms with E-state index < -0.39 is 0 Å². The van der Waals surface area contributed by atoms with Gasteiger partial charge in [-0.05, 0) is 18.2 Å². The van der Waals surface area contributed by atoms with E-state index in [1.807, 2.05) is 6.07 Å². The molecular weight excluding hydrogens is 190 g/mol. The van der Waals surface area contributed by atoms with Crippen molar-refractivity contribution in [3.8, 4) is 0 Å². The number of fused-ring (bicyclic) bond motifs is 1. The fourth-order valence-electron chi connectivity index (χ4n) is 2.04. The molecule has 0 fully saturated rings. The molecule has 2 heterocycles. The van der Waals surface area contributed by atoms with Gasteiger partial charge < -0.3 is 10.7 Å². The quantitative estimate of drug-likeness (QED) is 0.729. The maximum atomic E-state index is 11.5. The Bertz CT molecular complexity index is 411. The maximum Gasteiger partial charge on any atom is 0.252 e. The predicted molar refractivity (Wildman–Crippen MR) is 59.6 cm³/mol. The second kappa shape index (κ2) is 4.16. The van der Waals surface area contributed by atoms with Gasteiger partial charge in [0.15, 0.2) is 0 Å². The molecule has 4 nitrogen and oxygen atoms in total. The van der Waals surface area contributed by atoms with Gasteiger partial charge in [0, 0.05) is 37.3 Å². The largest absolute Gasteiger partial charge is 0.326 e. The third kappa shape index (κ3) is 1.96. The summed E-state index contributed by atoms with van der Waals surface area (Å²) in [7, 11) is 0. The van der Waals surface area contributed by atoms with E-state index in [2.05, 4.69) is 16.8 Å². The molecule has 0 unspecified atom stereocenters. The van der Waals surface area contributed by atoms with E-state index in [-0.39, 0.29) is 5.56 Å². The van der Waals surface area contributed by atoms with Gasteiger partial charge in [-0.15, -0.1) is 0 Å². The van der Waals surface area contributed by atoms with Crippen molar-refractivity contribution in [1.82, 2.24) is 9.88 Å². The predicted octanol–water partition coefficient (Wildman–Crippen LogP) is 0.212. The van der Waals surface area contributed by atoms with Crippen LogP contribution < -0.4 is 11.3 Å². The molecule has 0 aliphatic carbocycles. The van der Waals surface area contributed by atoms with Crippen molar-refractivity contribution >= 4 is 0 Å². The second-order valence-electron chi connectivity index (χ2n) is 3.95. The molecule has 3 N–H and O–H groups in total. The lowest BCUT2D eigenvalue weighted by molar-refractivity contribution is 0.265. The fourth-order valence-corrected chi connectivity index (χ4v) is 2.04. The van der Waals surface area contributed by atoms with E-state index in [0.717, 1.165) is 31.7 Å². The van der Waals surface area contributed by atoms with Crippen molar-refractivity contribution in [2.24, 2.45) is 5.73 Å². The number of H-pyrrole nitrogens is 1. The van der Waals surface area contributed by atoms with Gasteiger partial charge in [0.05, 0.1) is 0 Å². The van der Waals surface area contributed by atoms with Crippen molar-refractivity contribution in [2.45, 2.75) is 26.4 Å².